The summed E-state index contributed by atoms with van der Waals surface area (Å²) in [6.07, 6.45) is -0.573. The molecule has 140 valence electrons. The van der Waals surface area contributed by atoms with Gasteiger partial charge in [0.25, 0.3) is 5.91 Å². The molecule has 1 N–H and O–H groups in total. The zero-order valence-corrected chi connectivity index (χ0v) is 16.3. The van der Waals surface area contributed by atoms with Gasteiger partial charge in [0.05, 0.1) is 6.04 Å². The van der Waals surface area contributed by atoms with Crippen LogP contribution < -0.4 is 14.8 Å². The third kappa shape index (κ3) is 5.51. The summed E-state index contributed by atoms with van der Waals surface area (Å²) in [5.74, 6) is 1.78. The minimum absolute atomic E-state index is 0.117. The number of para-hydroxylation sites is 2. The third-order valence-corrected chi connectivity index (χ3v) is 4.19. The van der Waals surface area contributed by atoms with Crippen molar-refractivity contribution in [2.45, 2.75) is 52.7 Å². The molecule has 0 radical (unpaired) electrons. The summed E-state index contributed by atoms with van der Waals surface area (Å²) in [7, 11) is 0. The van der Waals surface area contributed by atoms with Gasteiger partial charge in [0, 0.05) is 0 Å². The van der Waals surface area contributed by atoms with E-state index >= 15 is 0 Å². The van der Waals surface area contributed by atoms with Crippen LogP contribution in [0.3, 0.4) is 0 Å². The molecule has 0 bridgehead atoms. The van der Waals surface area contributed by atoms with E-state index in [1.807, 2.05) is 62.4 Å². The lowest BCUT2D eigenvalue weighted by molar-refractivity contribution is -0.128. The molecule has 0 unspecified atom stereocenters. The molecular weight excluding hydrogens is 326 g/mol. The Labute approximate surface area is 156 Å². The summed E-state index contributed by atoms with van der Waals surface area (Å²) >= 11 is 0. The van der Waals surface area contributed by atoms with Gasteiger partial charge in [-0.05, 0) is 49.9 Å². The standard InChI is InChI=1S/C22H29NO3/c1-15(2)19-11-7-9-13-21(19)26-18(5)22(24)23-17(4)14-25-20-12-8-6-10-16(20)3/h6-13,15,17-18H,14H2,1-5H3,(H,23,24)/t17-,18-/m0/s1. The lowest BCUT2D eigenvalue weighted by Crippen LogP contribution is -2.43. The van der Waals surface area contributed by atoms with Crippen LogP contribution in [0.15, 0.2) is 48.5 Å². The third-order valence-electron chi connectivity index (χ3n) is 4.19. The van der Waals surface area contributed by atoms with Crippen molar-refractivity contribution >= 4 is 5.91 Å². The Kier molecular flexibility index (Phi) is 7.07. The fraction of sp³-hybridized carbons (Fsp3) is 0.409. The number of ether oxygens (including phenoxy) is 2. The summed E-state index contributed by atoms with van der Waals surface area (Å²) in [5.41, 5.74) is 2.18. The lowest BCUT2D eigenvalue weighted by atomic mass is 10.0. The van der Waals surface area contributed by atoms with Gasteiger partial charge in [-0.15, -0.1) is 0 Å². The number of nitrogens with one attached hydrogen (secondary N) is 1. The number of carbonyl (C=O) groups excluding carboxylic acids is 1. The quantitative estimate of drug-likeness (QED) is 0.760. The highest BCUT2D eigenvalue weighted by Gasteiger charge is 2.19. The number of amides is 1. The number of hydrogen-bond acceptors (Lipinski definition) is 3. The first-order valence-corrected chi connectivity index (χ1v) is 9.13. The van der Waals surface area contributed by atoms with Crippen molar-refractivity contribution in [3.63, 3.8) is 0 Å². The minimum Gasteiger partial charge on any atom is -0.491 e. The Morgan fingerprint density at radius 1 is 0.962 bits per heavy atom. The second-order valence-electron chi connectivity index (χ2n) is 6.94. The topological polar surface area (TPSA) is 47.6 Å². The highest BCUT2D eigenvalue weighted by atomic mass is 16.5. The molecule has 2 aromatic carbocycles. The fourth-order valence-corrected chi connectivity index (χ4v) is 2.64. The Balaban J connectivity index is 1.87. The van der Waals surface area contributed by atoms with Crippen LogP contribution in [-0.2, 0) is 4.79 Å². The van der Waals surface area contributed by atoms with Gasteiger partial charge in [-0.3, -0.25) is 4.79 Å². The van der Waals surface area contributed by atoms with Gasteiger partial charge in [0.15, 0.2) is 6.10 Å². The molecule has 2 atom stereocenters. The minimum atomic E-state index is -0.573. The molecule has 0 aliphatic carbocycles. The SMILES string of the molecule is Cc1ccccc1OC[C@H](C)NC(=O)[C@H](C)Oc1ccccc1C(C)C. The monoisotopic (exact) mass is 355 g/mol. The van der Waals surface area contributed by atoms with Crippen LogP contribution in [0.1, 0.15) is 44.7 Å². The summed E-state index contributed by atoms with van der Waals surface area (Å²) in [6.45, 7) is 10.3. The van der Waals surface area contributed by atoms with Crippen LogP contribution in [0, 0.1) is 6.92 Å². The number of aryl methyl sites for hydroxylation is 1. The van der Waals surface area contributed by atoms with Gasteiger partial charge in [-0.25, -0.2) is 0 Å². The van der Waals surface area contributed by atoms with Crippen molar-refractivity contribution in [3.05, 3.63) is 59.7 Å². The van der Waals surface area contributed by atoms with Crippen molar-refractivity contribution in [1.29, 1.82) is 0 Å². The smallest absolute Gasteiger partial charge is 0.261 e. The molecule has 0 fully saturated rings. The maximum absolute atomic E-state index is 12.4. The Morgan fingerprint density at radius 2 is 1.58 bits per heavy atom. The molecule has 2 rings (SSSR count). The molecule has 0 aliphatic rings. The van der Waals surface area contributed by atoms with Crippen molar-refractivity contribution in [2.24, 2.45) is 0 Å². The maximum atomic E-state index is 12.4. The predicted octanol–water partition coefficient (Wildman–Crippen LogP) is 4.47. The van der Waals surface area contributed by atoms with Crippen LogP contribution in [0.4, 0.5) is 0 Å². The number of carbonyl (C=O) groups is 1. The van der Waals surface area contributed by atoms with E-state index in [4.69, 9.17) is 9.47 Å². The summed E-state index contributed by atoms with van der Waals surface area (Å²) < 4.78 is 11.7. The van der Waals surface area contributed by atoms with Crippen LogP contribution in [0.25, 0.3) is 0 Å². The molecule has 0 heterocycles. The number of rotatable bonds is 8. The van der Waals surface area contributed by atoms with E-state index in [0.29, 0.717) is 12.5 Å². The first kappa shape index (κ1) is 19.8. The Hall–Kier alpha value is -2.49. The number of benzene rings is 2. The van der Waals surface area contributed by atoms with E-state index in [1.165, 1.54) is 0 Å². The highest BCUT2D eigenvalue weighted by Crippen LogP contribution is 2.26. The van der Waals surface area contributed by atoms with Crippen molar-refractivity contribution in [3.8, 4) is 11.5 Å². The highest BCUT2D eigenvalue weighted by molar-refractivity contribution is 5.81. The molecule has 26 heavy (non-hydrogen) atoms. The van der Waals surface area contributed by atoms with Crippen LogP contribution >= 0.6 is 0 Å². The van der Waals surface area contributed by atoms with Crippen molar-refractivity contribution in [1.82, 2.24) is 5.32 Å². The molecule has 4 nitrogen and oxygen atoms in total. The first-order chi connectivity index (χ1) is 12.4. The zero-order chi connectivity index (χ0) is 19.1. The summed E-state index contributed by atoms with van der Waals surface area (Å²) in [5, 5.41) is 2.95. The molecule has 0 aromatic heterocycles. The van der Waals surface area contributed by atoms with Gasteiger partial charge >= 0.3 is 0 Å². The van der Waals surface area contributed by atoms with Crippen LogP contribution in [-0.4, -0.2) is 24.7 Å². The second kappa shape index (κ2) is 9.27. The fourth-order valence-electron chi connectivity index (χ4n) is 2.64. The van der Waals surface area contributed by atoms with E-state index in [2.05, 4.69) is 19.2 Å². The van der Waals surface area contributed by atoms with Crippen LogP contribution in [0.2, 0.25) is 0 Å². The molecule has 0 saturated heterocycles. The largest absolute Gasteiger partial charge is 0.491 e. The van der Waals surface area contributed by atoms with Crippen molar-refractivity contribution in [2.75, 3.05) is 6.61 Å². The molecule has 1 amide bonds. The molecule has 0 aliphatic heterocycles. The van der Waals surface area contributed by atoms with Gasteiger partial charge in [-0.1, -0.05) is 50.2 Å². The molecule has 0 saturated carbocycles. The van der Waals surface area contributed by atoms with E-state index in [-0.39, 0.29) is 11.9 Å². The summed E-state index contributed by atoms with van der Waals surface area (Å²) in [4.78, 5) is 12.4. The molecule has 0 spiro atoms. The summed E-state index contributed by atoms with van der Waals surface area (Å²) in [6, 6.07) is 15.6. The van der Waals surface area contributed by atoms with E-state index < -0.39 is 6.10 Å². The van der Waals surface area contributed by atoms with Gasteiger partial charge in [-0.2, -0.15) is 0 Å². The van der Waals surface area contributed by atoms with E-state index in [9.17, 15) is 4.79 Å². The molecular formula is C22H29NO3. The molecule has 4 heteroatoms. The average Bonchev–Trinajstić information content (AvgIpc) is 2.61. The Morgan fingerprint density at radius 3 is 2.23 bits per heavy atom. The van der Waals surface area contributed by atoms with Gasteiger partial charge in [0.2, 0.25) is 0 Å². The van der Waals surface area contributed by atoms with Crippen molar-refractivity contribution < 1.29 is 14.3 Å². The number of hydrogen-bond donors (Lipinski definition) is 1. The predicted molar refractivity (Wildman–Crippen MR) is 105 cm³/mol. The average molecular weight is 355 g/mol. The lowest BCUT2D eigenvalue weighted by Gasteiger charge is -2.21. The van der Waals surface area contributed by atoms with Gasteiger partial charge in [0.1, 0.15) is 18.1 Å². The van der Waals surface area contributed by atoms with Gasteiger partial charge < -0.3 is 14.8 Å². The van der Waals surface area contributed by atoms with Crippen LogP contribution in [0.5, 0.6) is 11.5 Å². The second-order valence-corrected chi connectivity index (χ2v) is 6.94. The van der Waals surface area contributed by atoms with E-state index in [0.717, 1.165) is 22.6 Å². The molecule has 2 aromatic rings. The zero-order valence-electron chi connectivity index (χ0n) is 16.3. The normalized spacial score (nSPS) is 13.2. The Bertz CT molecular complexity index is 727. The maximum Gasteiger partial charge on any atom is 0.261 e. The first-order valence-electron chi connectivity index (χ1n) is 9.13. The van der Waals surface area contributed by atoms with E-state index in [1.54, 1.807) is 6.92 Å².